The molecule has 0 bridgehead atoms. The molecule has 0 aromatic heterocycles. The van der Waals surface area contributed by atoms with Gasteiger partial charge in [-0.25, -0.2) is 0 Å². The topological polar surface area (TPSA) is 165 Å². The van der Waals surface area contributed by atoms with Crippen molar-refractivity contribution in [1.29, 1.82) is 0 Å². The Labute approximate surface area is 98.2 Å². The highest BCUT2D eigenvalue weighted by Crippen LogP contribution is 2.45. The third-order valence-electron chi connectivity index (χ3n) is 2.03. The molecule has 0 spiro atoms. The van der Waals surface area contributed by atoms with E-state index in [0.29, 0.717) is 6.07 Å². The first-order chi connectivity index (χ1) is 8.31. The highest BCUT2D eigenvalue weighted by atomic mass is 16.6. The Balaban J connectivity index is 3.81. The van der Waals surface area contributed by atoms with Crippen LogP contribution in [0.25, 0.3) is 0 Å². The van der Waals surface area contributed by atoms with E-state index in [-0.39, 0.29) is 0 Å². The van der Waals surface area contributed by atoms with Crippen molar-refractivity contribution in [2.24, 2.45) is 0 Å². The molecule has 1 rings (SSSR count). The van der Waals surface area contributed by atoms with Crippen LogP contribution in [0.3, 0.4) is 0 Å². The summed E-state index contributed by atoms with van der Waals surface area (Å²) in [6, 6.07) is 0.515. The molecule has 0 amide bonds. The summed E-state index contributed by atoms with van der Waals surface area (Å²) in [7, 11) is 0.959. The number of hydrogen-bond donors (Lipinski definition) is 1. The molecule has 96 valence electrons. The summed E-state index contributed by atoms with van der Waals surface area (Å²) in [5, 5.41) is 32.0. The number of nitrogen functional groups attached to an aromatic ring is 1. The number of nitrogens with zero attached hydrogens (tertiary/aromatic N) is 3. The number of rotatable bonds is 4. The lowest BCUT2D eigenvalue weighted by Gasteiger charge is -2.05. The Morgan fingerprint density at radius 1 is 1.06 bits per heavy atom. The van der Waals surface area contributed by atoms with Crippen LogP contribution in [-0.4, -0.2) is 21.9 Å². The van der Waals surface area contributed by atoms with E-state index in [4.69, 9.17) is 5.73 Å². The second-order valence-electron chi connectivity index (χ2n) is 2.98. The van der Waals surface area contributed by atoms with Crippen LogP contribution in [-0.2, 0) is 0 Å². The largest absolute Gasteiger partial charge is 0.485 e. The standard InChI is InChI=1S/C7H6N4O7/c1-18-7-4(10(14)15)2-3(9(12)13)5(8)6(7)11(16)17/h2H,8H2,1H3. The van der Waals surface area contributed by atoms with Gasteiger partial charge in [-0.05, 0) is 0 Å². The first-order valence-corrected chi connectivity index (χ1v) is 4.24. The van der Waals surface area contributed by atoms with Crippen molar-refractivity contribution in [3.05, 3.63) is 36.4 Å². The molecule has 0 fully saturated rings. The van der Waals surface area contributed by atoms with E-state index < -0.39 is 43.3 Å². The van der Waals surface area contributed by atoms with Gasteiger partial charge in [-0.1, -0.05) is 0 Å². The second-order valence-corrected chi connectivity index (χ2v) is 2.98. The smallest absolute Gasteiger partial charge is 0.348 e. The molecule has 11 nitrogen and oxygen atoms in total. The highest BCUT2D eigenvalue weighted by molar-refractivity contribution is 5.81. The number of anilines is 1. The van der Waals surface area contributed by atoms with Crippen molar-refractivity contribution >= 4 is 22.7 Å². The first kappa shape index (κ1) is 13.1. The zero-order valence-electron chi connectivity index (χ0n) is 8.85. The minimum atomic E-state index is -1.08. The number of hydrogen-bond acceptors (Lipinski definition) is 8. The molecule has 18 heavy (non-hydrogen) atoms. The third kappa shape index (κ3) is 1.95. The maximum Gasteiger partial charge on any atom is 0.348 e. The van der Waals surface area contributed by atoms with Gasteiger partial charge >= 0.3 is 17.1 Å². The van der Waals surface area contributed by atoms with Crippen molar-refractivity contribution in [1.82, 2.24) is 0 Å². The van der Waals surface area contributed by atoms with Crippen LogP contribution < -0.4 is 10.5 Å². The van der Waals surface area contributed by atoms with Crippen LogP contribution in [0.1, 0.15) is 0 Å². The molecule has 0 radical (unpaired) electrons. The molecule has 0 saturated heterocycles. The van der Waals surface area contributed by atoms with Gasteiger partial charge in [-0.2, -0.15) is 0 Å². The van der Waals surface area contributed by atoms with Crippen LogP contribution in [0.4, 0.5) is 22.7 Å². The number of nitro benzene ring substituents is 3. The van der Waals surface area contributed by atoms with Crippen molar-refractivity contribution in [3.8, 4) is 5.75 Å². The van der Waals surface area contributed by atoms with Crippen molar-refractivity contribution in [2.75, 3.05) is 12.8 Å². The fourth-order valence-corrected chi connectivity index (χ4v) is 1.31. The highest BCUT2D eigenvalue weighted by Gasteiger charge is 2.36. The Hall–Kier alpha value is -2.98. The summed E-state index contributed by atoms with van der Waals surface area (Å²) in [5.41, 5.74) is 1.62. The minimum absolute atomic E-state index is 0.515. The molecule has 0 aliphatic carbocycles. The van der Waals surface area contributed by atoms with Crippen molar-refractivity contribution < 1.29 is 19.5 Å². The molecule has 11 heteroatoms. The predicted octanol–water partition coefficient (Wildman–Crippen LogP) is 1.00. The van der Waals surface area contributed by atoms with E-state index in [1.165, 1.54) is 0 Å². The Kier molecular flexibility index (Phi) is 3.26. The van der Waals surface area contributed by atoms with E-state index >= 15 is 0 Å². The molecule has 0 aliphatic rings. The van der Waals surface area contributed by atoms with E-state index in [0.717, 1.165) is 7.11 Å². The van der Waals surface area contributed by atoms with Gasteiger partial charge in [0.2, 0.25) is 0 Å². The fraction of sp³-hybridized carbons (Fsp3) is 0.143. The number of methoxy groups -OCH3 is 1. The molecule has 0 aliphatic heterocycles. The van der Waals surface area contributed by atoms with Crippen molar-refractivity contribution in [2.45, 2.75) is 0 Å². The Morgan fingerprint density at radius 3 is 1.89 bits per heavy atom. The predicted molar refractivity (Wildman–Crippen MR) is 57.4 cm³/mol. The molecule has 0 saturated carbocycles. The van der Waals surface area contributed by atoms with Gasteiger partial charge in [0.05, 0.1) is 21.9 Å². The zero-order chi connectivity index (χ0) is 14.0. The fourth-order valence-electron chi connectivity index (χ4n) is 1.31. The van der Waals surface area contributed by atoms with Gasteiger partial charge in [0, 0.05) is 0 Å². The lowest BCUT2D eigenvalue weighted by Crippen LogP contribution is -2.05. The van der Waals surface area contributed by atoms with E-state index in [1.54, 1.807) is 0 Å². The van der Waals surface area contributed by atoms with E-state index in [9.17, 15) is 30.3 Å². The Morgan fingerprint density at radius 2 is 1.56 bits per heavy atom. The lowest BCUT2D eigenvalue weighted by molar-refractivity contribution is -0.403. The van der Waals surface area contributed by atoms with Crippen LogP contribution in [0.15, 0.2) is 6.07 Å². The summed E-state index contributed by atoms with van der Waals surface area (Å²) < 4.78 is 4.53. The van der Waals surface area contributed by atoms with Gasteiger partial charge in [0.25, 0.3) is 5.75 Å². The minimum Gasteiger partial charge on any atom is -0.485 e. The number of ether oxygens (including phenoxy) is 1. The van der Waals surface area contributed by atoms with E-state index in [1.807, 2.05) is 0 Å². The van der Waals surface area contributed by atoms with Crippen LogP contribution in [0, 0.1) is 30.3 Å². The van der Waals surface area contributed by atoms with E-state index in [2.05, 4.69) is 4.74 Å². The van der Waals surface area contributed by atoms with Crippen LogP contribution in [0.5, 0.6) is 5.75 Å². The number of benzene rings is 1. The second kappa shape index (κ2) is 4.48. The summed E-state index contributed by atoms with van der Waals surface area (Å²) in [6.45, 7) is 0. The summed E-state index contributed by atoms with van der Waals surface area (Å²) in [5.74, 6) is -0.729. The maximum absolute atomic E-state index is 10.8. The SMILES string of the molecule is COc1c([N+](=O)[O-])cc([N+](=O)[O-])c(N)c1[N+](=O)[O-]. The summed E-state index contributed by atoms with van der Waals surface area (Å²) >= 11 is 0. The summed E-state index contributed by atoms with van der Waals surface area (Å²) in [6.07, 6.45) is 0. The maximum atomic E-state index is 10.8. The molecule has 1 aromatic carbocycles. The van der Waals surface area contributed by atoms with Gasteiger partial charge in [-0.15, -0.1) is 0 Å². The first-order valence-electron chi connectivity index (χ1n) is 4.24. The van der Waals surface area contributed by atoms with Crippen LogP contribution in [0.2, 0.25) is 0 Å². The normalized spacial score (nSPS) is 9.83. The number of nitrogens with two attached hydrogens (primary N) is 1. The van der Waals surface area contributed by atoms with Gasteiger partial charge in [0.1, 0.15) is 6.07 Å². The molecular weight excluding hydrogens is 252 g/mol. The molecule has 0 heterocycles. The molecule has 2 N–H and O–H groups in total. The van der Waals surface area contributed by atoms with Gasteiger partial charge in [-0.3, -0.25) is 30.3 Å². The van der Waals surface area contributed by atoms with Gasteiger partial charge in [0.15, 0.2) is 5.69 Å². The molecule has 0 atom stereocenters. The molecule has 0 unspecified atom stereocenters. The molecule has 1 aromatic rings. The number of nitro groups is 3. The van der Waals surface area contributed by atoms with Gasteiger partial charge < -0.3 is 10.5 Å². The average Bonchev–Trinajstić information content (AvgIpc) is 2.26. The monoisotopic (exact) mass is 258 g/mol. The van der Waals surface area contributed by atoms with Crippen molar-refractivity contribution in [3.63, 3.8) is 0 Å². The quantitative estimate of drug-likeness (QED) is 0.474. The van der Waals surface area contributed by atoms with Crippen LogP contribution >= 0.6 is 0 Å². The zero-order valence-corrected chi connectivity index (χ0v) is 8.85. The molecular formula is C7H6N4O7. The third-order valence-corrected chi connectivity index (χ3v) is 2.03. The summed E-state index contributed by atoms with van der Waals surface area (Å²) in [4.78, 5) is 28.9. The lowest BCUT2D eigenvalue weighted by atomic mass is 10.2. The average molecular weight is 258 g/mol. The Bertz CT molecular complexity index is 555.